The molecule has 1 heterocycles. The molecule has 1 N–H and O–H groups in total. The Balaban J connectivity index is 2.44. The van der Waals surface area contributed by atoms with Crippen LogP contribution in [0, 0.1) is 0 Å². The van der Waals surface area contributed by atoms with Crippen molar-refractivity contribution in [2.45, 2.75) is 12.8 Å². The minimum atomic E-state index is 0.133. The van der Waals surface area contributed by atoms with Gasteiger partial charge in [-0.05, 0) is 18.1 Å². The molecule has 1 aliphatic rings. The Bertz CT molecular complexity index is 335. The highest BCUT2D eigenvalue weighted by Crippen LogP contribution is 2.19. The van der Waals surface area contributed by atoms with E-state index in [-0.39, 0.29) is 5.91 Å². The van der Waals surface area contributed by atoms with Crippen LogP contribution in [0.1, 0.15) is 12.0 Å². The molecule has 0 spiro atoms. The first kappa shape index (κ1) is 7.41. The van der Waals surface area contributed by atoms with Crippen LogP contribution >= 0.6 is 0 Å². The van der Waals surface area contributed by atoms with Gasteiger partial charge in [0.1, 0.15) is 7.85 Å². The zero-order valence-corrected chi connectivity index (χ0v) is 7.05. The summed E-state index contributed by atoms with van der Waals surface area (Å²) in [7, 11) is 2.03. The van der Waals surface area contributed by atoms with Crippen molar-refractivity contribution in [1.29, 1.82) is 0 Å². The average molecular weight is 159 g/mol. The first-order chi connectivity index (χ1) is 5.75. The van der Waals surface area contributed by atoms with Gasteiger partial charge >= 0.3 is 0 Å². The molecule has 3 heteroatoms. The third-order valence-electron chi connectivity index (χ3n) is 2.16. The summed E-state index contributed by atoms with van der Waals surface area (Å²) >= 11 is 0. The third-order valence-corrected chi connectivity index (χ3v) is 2.16. The fourth-order valence-electron chi connectivity index (χ4n) is 1.49. The highest BCUT2D eigenvalue weighted by atomic mass is 16.1. The second-order valence-electron chi connectivity index (χ2n) is 3.21. The first-order valence-electron chi connectivity index (χ1n) is 4.15. The number of nitrogens with one attached hydrogen (secondary N) is 1. The van der Waals surface area contributed by atoms with Crippen molar-refractivity contribution >= 4 is 24.9 Å². The number of benzene rings is 1. The van der Waals surface area contributed by atoms with Crippen LogP contribution < -0.4 is 10.8 Å². The molecule has 0 fully saturated rings. The Hall–Kier alpha value is -1.25. The van der Waals surface area contributed by atoms with Crippen LogP contribution in [0.3, 0.4) is 0 Å². The summed E-state index contributed by atoms with van der Waals surface area (Å²) in [6.07, 6.45) is 1.50. The van der Waals surface area contributed by atoms with E-state index < -0.39 is 0 Å². The molecule has 0 bridgehead atoms. The van der Waals surface area contributed by atoms with Crippen molar-refractivity contribution in [3.63, 3.8) is 0 Å². The molecule has 0 aromatic heterocycles. The van der Waals surface area contributed by atoms with Crippen LogP contribution in [-0.2, 0) is 11.2 Å². The van der Waals surface area contributed by atoms with E-state index in [0.29, 0.717) is 6.42 Å². The molecule has 1 amide bonds. The molecule has 2 nitrogen and oxygen atoms in total. The maximum Gasteiger partial charge on any atom is 0.224 e. The molecule has 1 aromatic rings. The number of carbonyl (C=O) groups excluding carboxylic acids is 1. The molecule has 1 aliphatic heterocycles. The lowest BCUT2D eigenvalue weighted by molar-refractivity contribution is -0.116. The monoisotopic (exact) mass is 159 g/mol. The van der Waals surface area contributed by atoms with Gasteiger partial charge in [-0.15, -0.1) is 0 Å². The Morgan fingerprint density at radius 2 is 2.17 bits per heavy atom. The standard InChI is InChI=1S/C9H10BNO/c10-7-3-1-6-2-4-9(12)11-8(6)5-7/h1,3,5H,2,4,10H2,(H,11,12). The Labute approximate surface area is 72.4 Å². The van der Waals surface area contributed by atoms with Gasteiger partial charge in [-0.2, -0.15) is 0 Å². The number of hydrogen-bond acceptors (Lipinski definition) is 1. The average Bonchev–Trinajstić information content (AvgIpc) is 2.03. The molecule has 2 rings (SSSR count). The Morgan fingerprint density at radius 3 is 3.00 bits per heavy atom. The highest BCUT2D eigenvalue weighted by Gasteiger charge is 2.13. The van der Waals surface area contributed by atoms with E-state index in [1.54, 1.807) is 0 Å². The Kier molecular flexibility index (Phi) is 1.64. The summed E-state index contributed by atoms with van der Waals surface area (Å²) in [5, 5.41) is 2.86. The normalized spacial score (nSPS) is 15.2. The third kappa shape index (κ3) is 1.22. The predicted octanol–water partition coefficient (Wildman–Crippen LogP) is -0.170. The van der Waals surface area contributed by atoms with E-state index in [0.717, 1.165) is 12.1 Å². The van der Waals surface area contributed by atoms with Crippen LogP contribution in [0.4, 0.5) is 5.69 Å². The van der Waals surface area contributed by atoms with Crippen LogP contribution in [0.2, 0.25) is 0 Å². The lowest BCUT2D eigenvalue weighted by atomic mass is 9.92. The van der Waals surface area contributed by atoms with E-state index in [1.807, 2.05) is 13.9 Å². The topological polar surface area (TPSA) is 29.1 Å². The predicted molar refractivity (Wildman–Crippen MR) is 51.6 cm³/mol. The first-order valence-corrected chi connectivity index (χ1v) is 4.15. The molecular formula is C9H10BNO. The number of rotatable bonds is 0. The Morgan fingerprint density at radius 1 is 1.33 bits per heavy atom. The van der Waals surface area contributed by atoms with Gasteiger partial charge in [0, 0.05) is 12.1 Å². The van der Waals surface area contributed by atoms with E-state index in [9.17, 15) is 4.79 Å². The number of amides is 1. The van der Waals surface area contributed by atoms with Crippen LogP contribution in [0.25, 0.3) is 0 Å². The quantitative estimate of drug-likeness (QED) is 0.523. The minimum absolute atomic E-state index is 0.133. The minimum Gasteiger partial charge on any atom is -0.326 e. The highest BCUT2D eigenvalue weighted by molar-refractivity contribution is 6.32. The fraction of sp³-hybridized carbons (Fsp3) is 0.222. The van der Waals surface area contributed by atoms with Gasteiger partial charge in [0.05, 0.1) is 0 Å². The van der Waals surface area contributed by atoms with E-state index in [4.69, 9.17) is 0 Å². The second kappa shape index (κ2) is 2.66. The number of carbonyl (C=O) groups is 1. The smallest absolute Gasteiger partial charge is 0.224 e. The molecule has 1 aromatic carbocycles. The van der Waals surface area contributed by atoms with Crippen LogP contribution in [-0.4, -0.2) is 13.8 Å². The van der Waals surface area contributed by atoms with Crippen molar-refractivity contribution in [1.82, 2.24) is 0 Å². The number of hydrogen-bond donors (Lipinski definition) is 1. The summed E-state index contributed by atoms with van der Waals surface area (Å²) in [6, 6.07) is 6.19. The number of anilines is 1. The zero-order chi connectivity index (χ0) is 8.55. The second-order valence-corrected chi connectivity index (χ2v) is 3.21. The van der Waals surface area contributed by atoms with E-state index in [2.05, 4.69) is 17.4 Å². The van der Waals surface area contributed by atoms with Gasteiger partial charge in [0.2, 0.25) is 5.91 Å². The van der Waals surface area contributed by atoms with Gasteiger partial charge in [-0.3, -0.25) is 4.79 Å². The lowest BCUT2D eigenvalue weighted by Gasteiger charge is -2.16. The summed E-state index contributed by atoms with van der Waals surface area (Å²) in [5.74, 6) is 0.133. The summed E-state index contributed by atoms with van der Waals surface area (Å²) < 4.78 is 0. The molecule has 60 valence electrons. The summed E-state index contributed by atoms with van der Waals surface area (Å²) in [4.78, 5) is 11.0. The van der Waals surface area contributed by atoms with Gasteiger partial charge in [0.25, 0.3) is 0 Å². The maximum absolute atomic E-state index is 11.0. The molecule has 0 saturated carbocycles. The molecule has 0 aliphatic carbocycles. The van der Waals surface area contributed by atoms with Crippen molar-refractivity contribution < 1.29 is 4.79 Å². The van der Waals surface area contributed by atoms with Crippen molar-refractivity contribution in [2.24, 2.45) is 0 Å². The molecule has 0 unspecified atom stereocenters. The van der Waals surface area contributed by atoms with Gasteiger partial charge in [-0.25, -0.2) is 0 Å². The number of aryl methyl sites for hydroxylation is 1. The van der Waals surface area contributed by atoms with E-state index in [1.165, 1.54) is 11.0 Å². The van der Waals surface area contributed by atoms with Crippen molar-refractivity contribution in [2.75, 3.05) is 5.32 Å². The van der Waals surface area contributed by atoms with Gasteiger partial charge in [-0.1, -0.05) is 17.6 Å². The van der Waals surface area contributed by atoms with Crippen LogP contribution in [0.15, 0.2) is 18.2 Å². The van der Waals surface area contributed by atoms with Crippen molar-refractivity contribution in [3.05, 3.63) is 23.8 Å². The lowest BCUT2D eigenvalue weighted by Crippen LogP contribution is -2.20. The van der Waals surface area contributed by atoms with E-state index >= 15 is 0 Å². The van der Waals surface area contributed by atoms with Crippen LogP contribution in [0.5, 0.6) is 0 Å². The molecule has 0 atom stereocenters. The van der Waals surface area contributed by atoms with Gasteiger partial charge < -0.3 is 5.32 Å². The maximum atomic E-state index is 11.0. The summed E-state index contributed by atoms with van der Waals surface area (Å²) in [5.41, 5.74) is 3.43. The van der Waals surface area contributed by atoms with Crippen molar-refractivity contribution in [3.8, 4) is 0 Å². The molecule has 12 heavy (non-hydrogen) atoms. The number of fused-ring (bicyclic) bond motifs is 1. The molecular weight excluding hydrogens is 149 g/mol. The fourth-order valence-corrected chi connectivity index (χ4v) is 1.49. The summed E-state index contributed by atoms with van der Waals surface area (Å²) in [6.45, 7) is 0. The largest absolute Gasteiger partial charge is 0.326 e. The van der Waals surface area contributed by atoms with Gasteiger partial charge in [0.15, 0.2) is 0 Å². The molecule has 0 saturated heterocycles. The molecule has 0 radical (unpaired) electrons. The SMILES string of the molecule is Bc1ccc2c(c1)NC(=O)CC2. The zero-order valence-electron chi connectivity index (χ0n) is 7.05.